The number of aromatic amines is 1. The van der Waals surface area contributed by atoms with Gasteiger partial charge in [0.25, 0.3) is 5.91 Å². The summed E-state index contributed by atoms with van der Waals surface area (Å²) in [5.41, 5.74) is 2.61. The summed E-state index contributed by atoms with van der Waals surface area (Å²) in [6.45, 7) is 0. The summed E-state index contributed by atoms with van der Waals surface area (Å²) in [6.07, 6.45) is 1.58. The molecule has 0 fully saturated rings. The van der Waals surface area contributed by atoms with Crippen LogP contribution in [0, 0.1) is 0 Å². The van der Waals surface area contributed by atoms with Crippen LogP contribution >= 0.6 is 0 Å². The number of aromatic nitrogens is 3. The van der Waals surface area contributed by atoms with E-state index in [-0.39, 0.29) is 30.2 Å². The molecule has 4 rings (SSSR count). The van der Waals surface area contributed by atoms with Gasteiger partial charge in [-0.2, -0.15) is 4.98 Å². The number of rotatable bonds is 7. The van der Waals surface area contributed by atoms with E-state index in [1.54, 1.807) is 13.2 Å². The van der Waals surface area contributed by atoms with Gasteiger partial charge in [0.15, 0.2) is 0 Å². The minimum Gasteiger partial charge on any atom is -0.497 e. The summed E-state index contributed by atoms with van der Waals surface area (Å²) in [5, 5.41) is 12.4. The van der Waals surface area contributed by atoms with Gasteiger partial charge in [-0.15, -0.1) is 5.10 Å². The van der Waals surface area contributed by atoms with E-state index >= 15 is 0 Å². The first-order chi connectivity index (χ1) is 14.1. The summed E-state index contributed by atoms with van der Waals surface area (Å²) >= 11 is 0. The van der Waals surface area contributed by atoms with Crippen LogP contribution in [0.5, 0.6) is 5.75 Å². The Morgan fingerprint density at radius 3 is 2.72 bits per heavy atom. The standard InChI is InChI=1S/C21H21N5O3/c1-29-14-9-6-13(7-10-14)8-11-18-23-21(26-25-18)24-19(27)12-17-15-4-2-3-5-16(15)20(28)22-17/h2-7,9-10,17H,8,11-12H2,1H3,(H,22,28)(H2,23,24,25,26,27). The maximum Gasteiger partial charge on any atom is 0.252 e. The Morgan fingerprint density at radius 1 is 1.14 bits per heavy atom. The van der Waals surface area contributed by atoms with Crippen LogP contribution in [0.2, 0.25) is 0 Å². The predicted molar refractivity (Wildman–Crippen MR) is 107 cm³/mol. The molecule has 1 unspecified atom stereocenters. The van der Waals surface area contributed by atoms with Crippen LogP contribution in [0.1, 0.15) is 39.8 Å². The van der Waals surface area contributed by atoms with E-state index in [4.69, 9.17) is 4.74 Å². The molecule has 2 amide bonds. The predicted octanol–water partition coefficient (Wildman–Crippen LogP) is 2.41. The molecule has 2 heterocycles. The number of H-pyrrole nitrogens is 1. The van der Waals surface area contributed by atoms with Crippen LogP contribution in [-0.2, 0) is 17.6 Å². The van der Waals surface area contributed by atoms with Crippen molar-refractivity contribution in [2.24, 2.45) is 0 Å². The number of carbonyl (C=O) groups excluding carboxylic acids is 2. The molecule has 0 spiro atoms. The van der Waals surface area contributed by atoms with Gasteiger partial charge in [0.2, 0.25) is 11.9 Å². The molecule has 0 radical (unpaired) electrons. The van der Waals surface area contributed by atoms with E-state index in [1.807, 2.05) is 42.5 Å². The summed E-state index contributed by atoms with van der Waals surface area (Å²) in [5.74, 6) is 1.33. The van der Waals surface area contributed by atoms with E-state index in [0.29, 0.717) is 17.8 Å². The Hall–Kier alpha value is -3.68. The molecule has 0 saturated carbocycles. The van der Waals surface area contributed by atoms with Crippen molar-refractivity contribution in [3.05, 3.63) is 71.0 Å². The van der Waals surface area contributed by atoms with Gasteiger partial charge >= 0.3 is 0 Å². The van der Waals surface area contributed by atoms with Gasteiger partial charge in [-0.05, 0) is 35.7 Å². The number of amides is 2. The molecular formula is C21H21N5O3. The summed E-state index contributed by atoms with van der Waals surface area (Å²) < 4.78 is 5.15. The van der Waals surface area contributed by atoms with Gasteiger partial charge in [-0.1, -0.05) is 30.3 Å². The second-order valence-electron chi connectivity index (χ2n) is 6.82. The van der Waals surface area contributed by atoms with Crippen molar-refractivity contribution in [1.82, 2.24) is 20.5 Å². The third kappa shape index (κ3) is 4.26. The number of carbonyl (C=O) groups is 2. The average molecular weight is 391 g/mol. The highest BCUT2D eigenvalue weighted by molar-refractivity contribution is 6.00. The summed E-state index contributed by atoms with van der Waals surface area (Å²) in [7, 11) is 1.64. The van der Waals surface area contributed by atoms with Gasteiger partial charge in [0.05, 0.1) is 19.6 Å². The Balaban J connectivity index is 1.31. The van der Waals surface area contributed by atoms with Crippen LogP contribution < -0.4 is 15.4 Å². The van der Waals surface area contributed by atoms with Crippen molar-refractivity contribution in [1.29, 1.82) is 0 Å². The Bertz CT molecular complexity index is 1030. The van der Waals surface area contributed by atoms with E-state index in [0.717, 1.165) is 23.3 Å². The smallest absolute Gasteiger partial charge is 0.252 e. The van der Waals surface area contributed by atoms with Crippen LogP contribution in [0.25, 0.3) is 0 Å². The molecule has 1 aliphatic heterocycles. The highest BCUT2D eigenvalue weighted by Crippen LogP contribution is 2.27. The lowest BCUT2D eigenvalue weighted by atomic mass is 10.0. The van der Waals surface area contributed by atoms with Gasteiger partial charge < -0.3 is 10.1 Å². The zero-order chi connectivity index (χ0) is 20.2. The number of fused-ring (bicyclic) bond motifs is 1. The maximum absolute atomic E-state index is 12.4. The fourth-order valence-corrected chi connectivity index (χ4v) is 3.36. The van der Waals surface area contributed by atoms with Gasteiger partial charge in [0.1, 0.15) is 11.6 Å². The Morgan fingerprint density at radius 2 is 1.93 bits per heavy atom. The molecule has 0 bridgehead atoms. The Labute approximate surface area is 167 Å². The van der Waals surface area contributed by atoms with Crippen molar-refractivity contribution >= 4 is 17.8 Å². The van der Waals surface area contributed by atoms with Crippen LogP contribution in [0.3, 0.4) is 0 Å². The quantitative estimate of drug-likeness (QED) is 0.573. The molecule has 3 aromatic rings. The molecule has 2 aromatic carbocycles. The zero-order valence-corrected chi connectivity index (χ0v) is 15.9. The molecule has 3 N–H and O–H groups in total. The van der Waals surface area contributed by atoms with E-state index < -0.39 is 0 Å². The first kappa shape index (κ1) is 18.7. The summed E-state index contributed by atoms with van der Waals surface area (Å²) in [6, 6.07) is 14.8. The molecule has 1 atom stereocenters. The molecule has 0 aliphatic carbocycles. The number of ether oxygens (including phenoxy) is 1. The molecule has 8 heteroatoms. The topological polar surface area (TPSA) is 109 Å². The SMILES string of the molecule is COc1ccc(CCc2nc(NC(=O)CC3NC(=O)c4ccccc43)n[nH]2)cc1. The number of nitrogens with one attached hydrogen (secondary N) is 3. The van der Waals surface area contributed by atoms with Crippen molar-refractivity contribution in [3.63, 3.8) is 0 Å². The van der Waals surface area contributed by atoms with Crippen LogP contribution in [-0.4, -0.2) is 34.1 Å². The normalized spacial score (nSPS) is 14.9. The lowest BCUT2D eigenvalue weighted by molar-refractivity contribution is -0.116. The number of hydrogen-bond acceptors (Lipinski definition) is 5. The molecule has 29 heavy (non-hydrogen) atoms. The van der Waals surface area contributed by atoms with E-state index in [1.165, 1.54) is 0 Å². The summed E-state index contributed by atoms with van der Waals surface area (Å²) in [4.78, 5) is 28.7. The van der Waals surface area contributed by atoms with Crippen LogP contribution in [0.4, 0.5) is 5.95 Å². The number of aryl methyl sites for hydroxylation is 2. The first-order valence-electron chi connectivity index (χ1n) is 9.36. The number of anilines is 1. The number of hydrogen-bond donors (Lipinski definition) is 3. The average Bonchev–Trinajstić information content (AvgIpc) is 3.31. The van der Waals surface area contributed by atoms with E-state index in [9.17, 15) is 9.59 Å². The highest BCUT2D eigenvalue weighted by atomic mass is 16.5. The number of benzene rings is 2. The van der Waals surface area contributed by atoms with Gasteiger partial charge in [-0.25, -0.2) is 0 Å². The van der Waals surface area contributed by atoms with Crippen molar-refractivity contribution in [3.8, 4) is 5.75 Å². The largest absolute Gasteiger partial charge is 0.497 e. The lowest BCUT2D eigenvalue weighted by Gasteiger charge is -2.10. The molecule has 1 aromatic heterocycles. The number of methoxy groups -OCH3 is 1. The number of nitrogens with zero attached hydrogens (tertiary/aromatic N) is 2. The maximum atomic E-state index is 12.4. The van der Waals surface area contributed by atoms with Crippen LogP contribution in [0.15, 0.2) is 48.5 Å². The molecule has 1 aliphatic rings. The monoisotopic (exact) mass is 391 g/mol. The van der Waals surface area contributed by atoms with Gasteiger partial charge in [-0.3, -0.25) is 20.0 Å². The fraction of sp³-hybridized carbons (Fsp3) is 0.238. The molecular weight excluding hydrogens is 370 g/mol. The minimum absolute atomic E-state index is 0.123. The molecule has 0 saturated heterocycles. The third-order valence-corrected chi connectivity index (χ3v) is 4.87. The highest BCUT2D eigenvalue weighted by Gasteiger charge is 2.29. The first-order valence-corrected chi connectivity index (χ1v) is 9.36. The van der Waals surface area contributed by atoms with Crippen molar-refractivity contribution in [2.45, 2.75) is 25.3 Å². The van der Waals surface area contributed by atoms with Gasteiger partial charge in [0, 0.05) is 12.0 Å². The van der Waals surface area contributed by atoms with E-state index in [2.05, 4.69) is 25.8 Å². The van der Waals surface area contributed by atoms with Crippen molar-refractivity contribution < 1.29 is 14.3 Å². The zero-order valence-electron chi connectivity index (χ0n) is 15.9. The molecule has 148 valence electrons. The second kappa shape index (κ2) is 8.14. The second-order valence-corrected chi connectivity index (χ2v) is 6.82. The third-order valence-electron chi connectivity index (χ3n) is 4.87. The molecule has 8 nitrogen and oxygen atoms in total. The lowest BCUT2D eigenvalue weighted by Crippen LogP contribution is -2.24. The minimum atomic E-state index is -0.341. The van der Waals surface area contributed by atoms with Crippen molar-refractivity contribution in [2.75, 3.05) is 12.4 Å². The Kier molecular flexibility index (Phi) is 5.24. The fourth-order valence-electron chi connectivity index (χ4n) is 3.36.